The van der Waals surface area contributed by atoms with E-state index in [1.165, 1.54) is 6.08 Å². The van der Waals surface area contributed by atoms with Gasteiger partial charge in [-0.05, 0) is 36.8 Å². The van der Waals surface area contributed by atoms with Crippen LogP contribution in [0.1, 0.15) is 12.5 Å². The molecule has 0 unspecified atom stereocenters. The predicted octanol–water partition coefficient (Wildman–Crippen LogP) is 3.63. The molecular formula is C14H13ClO2. The van der Waals surface area contributed by atoms with Crippen molar-refractivity contribution in [1.29, 1.82) is 0 Å². The van der Waals surface area contributed by atoms with E-state index in [9.17, 15) is 4.79 Å². The summed E-state index contributed by atoms with van der Waals surface area (Å²) in [5, 5.41) is 0.667. The first-order chi connectivity index (χ1) is 8.17. The Hall–Kier alpha value is -1.76. The summed E-state index contributed by atoms with van der Waals surface area (Å²) in [5.41, 5.74) is 4.05. The van der Waals surface area contributed by atoms with Crippen LogP contribution in [0.3, 0.4) is 0 Å². The van der Waals surface area contributed by atoms with Crippen molar-refractivity contribution in [2.75, 3.05) is 6.61 Å². The van der Waals surface area contributed by atoms with Crippen molar-refractivity contribution in [3.8, 4) is 0 Å². The summed E-state index contributed by atoms with van der Waals surface area (Å²) in [7, 11) is 0. The molecule has 0 aliphatic heterocycles. The van der Waals surface area contributed by atoms with Crippen LogP contribution in [0.25, 0.3) is 6.08 Å². The first kappa shape index (κ1) is 13.3. The highest BCUT2D eigenvalue weighted by Gasteiger charge is 2.04. The van der Waals surface area contributed by atoms with Gasteiger partial charge in [0.05, 0.1) is 6.61 Å². The van der Waals surface area contributed by atoms with E-state index in [1.54, 1.807) is 25.1 Å². The van der Waals surface area contributed by atoms with Gasteiger partial charge in [-0.1, -0.05) is 30.3 Å². The third-order valence-electron chi connectivity index (χ3n) is 1.96. The minimum Gasteiger partial charge on any atom is -0.462 e. The van der Waals surface area contributed by atoms with Gasteiger partial charge in [0.15, 0.2) is 0 Å². The molecule has 0 aliphatic carbocycles. The summed E-state index contributed by atoms with van der Waals surface area (Å²) < 4.78 is 4.85. The van der Waals surface area contributed by atoms with Crippen molar-refractivity contribution in [1.82, 2.24) is 0 Å². The van der Waals surface area contributed by atoms with Crippen LogP contribution < -0.4 is 0 Å². The molecule has 1 aromatic carbocycles. The van der Waals surface area contributed by atoms with Crippen LogP contribution in [-0.4, -0.2) is 12.6 Å². The van der Waals surface area contributed by atoms with E-state index in [-0.39, 0.29) is 0 Å². The lowest BCUT2D eigenvalue weighted by atomic mass is 10.2. The van der Waals surface area contributed by atoms with Crippen LogP contribution in [-0.2, 0) is 9.53 Å². The fourth-order valence-corrected chi connectivity index (χ4v) is 1.26. The largest absolute Gasteiger partial charge is 0.462 e. The first-order valence-electron chi connectivity index (χ1n) is 5.19. The maximum absolute atomic E-state index is 11.4. The number of carbonyl (C=O) groups excluding carboxylic acids is 1. The van der Waals surface area contributed by atoms with Gasteiger partial charge in [0.25, 0.3) is 0 Å². The Balaban J connectivity index is 2.94. The number of benzene rings is 1. The third kappa shape index (κ3) is 4.31. The summed E-state index contributed by atoms with van der Waals surface area (Å²) in [6.45, 7) is 5.63. The van der Waals surface area contributed by atoms with Crippen LogP contribution in [0, 0.1) is 0 Å². The zero-order valence-corrected chi connectivity index (χ0v) is 10.3. The van der Waals surface area contributed by atoms with Crippen LogP contribution in [0.4, 0.5) is 0 Å². The van der Waals surface area contributed by atoms with Crippen molar-refractivity contribution in [2.24, 2.45) is 0 Å². The molecular weight excluding hydrogens is 236 g/mol. The number of carbonyl (C=O) groups is 1. The number of ether oxygens (including phenoxy) is 1. The maximum Gasteiger partial charge on any atom is 0.346 e. The second-order valence-electron chi connectivity index (χ2n) is 3.18. The molecule has 1 rings (SSSR count). The fourth-order valence-electron chi connectivity index (χ4n) is 1.13. The molecule has 1 aromatic rings. The standard InChI is InChI=1S/C14H13ClO2/c1-3-12(14(16)17-4-2)8-5-11-6-9-13(15)10-7-11/h3,5-7,9-10H,1,4H2,2H3. The highest BCUT2D eigenvalue weighted by Crippen LogP contribution is 2.10. The zero-order chi connectivity index (χ0) is 12.7. The van der Waals surface area contributed by atoms with Crippen LogP contribution >= 0.6 is 11.6 Å². The van der Waals surface area contributed by atoms with Crippen LogP contribution in [0.15, 0.2) is 48.2 Å². The van der Waals surface area contributed by atoms with E-state index < -0.39 is 5.97 Å². The molecule has 0 fully saturated rings. The van der Waals surface area contributed by atoms with Gasteiger partial charge in [0.2, 0.25) is 0 Å². The quantitative estimate of drug-likeness (QED) is 0.352. The molecule has 0 aromatic heterocycles. The van der Waals surface area contributed by atoms with Gasteiger partial charge >= 0.3 is 5.97 Å². The Labute approximate surface area is 106 Å². The monoisotopic (exact) mass is 248 g/mol. The SMILES string of the molecule is C=CC(=C=Cc1ccc(Cl)cc1)C(=O)OCC. The molecule has 88 valence electrons. The number of esters is 1. The van der Waals surface area contributed by atoms with E-state index in [2.05, 4.69) is 12.3 Å². The lowest BCUT2D eigenvalue weighted by molar-refractivity contribution is -0.138. The summed E-state index contributed by atoms with van der Waals surface area (Å²) in [4.78, 5) is 11.4. The molecule has 0 amide bonds. The van der Waals surface area contributed by atoms with Gasteiger partial charge in [0.1, 0.15) is 5.57 Å². The van der Waals surface area contributed by atoms with Crippen molar-refractivity contribution >= 4 is 23.6 Å². The van der Waals surface area contributed by atoms with Crippen molar-refractivity contribution < 1.29 is 9.53 Å². The fraction of sp³-hybridized carbons (Fsp3) is 0.143. The number of hydrogen-bond acceptors (Lipinski definition) is 2. The normalized spacial score (nSPS) is 9.06. The summed E-state index contributed by atoms with van der Waals surface area (Å²) in [6, 6.07) is 7.21. The second kappa shape index (κ2) is 6.74. The van der Waals surface area contributed by atoms with E-state index in [0.29, 0.717) is 17.2 Å². The van der Waals surface area contributed by atoms with Gasteiger partial charge < -0.3 is 4.74 Å². The molecule has 0 saturated carbocycles. The van der Waals surface area contributed by atoms with Gasteiger partial charge in [-0.25, -0.2) is 4.79 Å². The minimum absolute atomic E-state index is 0.307. The third-order valence-corrected chi connectivity index (χ3v) is 2.22. The van der Waals surface area contributed by atoms with Gasteiger partial charge in [0, 0.05) is 5.02 Å². The molecule has 0 bridgehead atoms. The number of hydrogen-bond donors (Lipinski definition) is 0. The van der Waals surface area contributed by atoms with Crippen molar-refractivity contribution in [2.45, 2.75) is 6.92 Å². The number of halogens is 1. The summed E-state index contributed by atoms with van der Waals surface area (Å²) >= 11 is 5.76. The maximum atomic E-state index is 11.4. The molecule has 0 radical (unpaired) electrons. The Bertz CT molecular complexity index is 466. The average molecular weight is 249 g/mol. The van der Waals surface area contributed by atoms with E-state index in [0.717, 1.165) is 5.56 Å². The van der Waals surface area contributed by atoms with Gasteiger partial charge in [-0.2, -0.15) is 0 Å². The van der Waals surface area contributed by atoms with E-state index >= 15 is 0 Å². The summed E-state index contributed by atoms with van der Waals surface area (Å²) in [6.07, 6.45) is 3.11. The number of rotatable bonds is 4. The van der Waals surface area contributed by atoms with Gasteiger partial charge in [-0.15, -0.1) is 5.73 Å². The molecule has 2 nitrogen and oxygen atoms in total. The van der Waals surface area contributed by atoms with Gasteiger partial charge in [-0.3, -0.25) is 0 Å². The molecule has 3 heteroatoms. The highest BCUT2D eigenvalue weighted by atomic mass is 35.5. The van der Waals surface area contributed by atoms with Crippen LogP contribution in [0.5, 0.6) is 0 Å². The van der Waals surface area contributed by atoms with Crippen molar-refractivity contribution in [3.05, 3.63) is 58.8 Å². The Morgan fingerprint density at radius 2 is 2.12 bits per heavy atom. The molecule has 0 atom stereocenters. The lowest BCUT2D eigenvalue weighted by Crippen LogP contribution is -2.04. The molecule has 0 spiro atoms. The summed E-state index contributed by atoms with van der Waals surface area (Å²) in [5.74, 6) is -0.423. The zero-order valence-electron chi connectivity index (χ0n) is 9.57. The average Bonchev–Trinajstić information content (AvgIpc) is 2.32. The molecule has 0 heterocycles. The Morgan fingerprint density at radius 3 is 2.65 bits per heavy atom. The van der Waals surface area contributed by atoms with E-state index in [1.807, 2.05) is 12.1 Å². The molecule has 0 saturated heterocycles. The second-order valence-corrected chi connectivity index (χ2v) is 3.61. The first-order valence-corrected chi connectivity index (χ1v) is 5.57. The lowest BCUT2D eigenvalue weighted by Gasteiger charge is -1.98. The topological polar surface area (TPSA) is 26.3 Å². The van der Waals surface area contributed by atoms with E-state index in [4.69, 9.17) is 16.3 Å². The smallest absolute Gasteiger partial charge is 0.346 e. The van der Waals surface area contributed by atoms with Crippen LogP contribution in [0.2, 0.25) is 5.02 Å². The highest BCUT2D eigenvalue weighted by molar-refractivity contribution is 6.30. The Kier molecular flexibility index (Phi) is 5.28. The molecule has 17 heavy (non-hydrogen) atoms. The predicted molar refractivity (Wildman–Crippen MR) is 69.8 cm³/mol. The molecule has 0 N–H and O–H groups in total. The minimum atomic E-state index is -0.423. The molecule has 0 aliphatic rings. The Morgan fingerprint density at radius 1 is 1.47 bits per heavy atom. The van der Waals surface area contributed by atoms with Crippen molar-refractivity contribution in [3.63, 3.8) is 0 Å².